The molecule has 92 valence electrons. The van der Waals surface area contributed by atoms with Crippen LogP contribution in [-0.2, 0) is 0 Å². The summed E-state index contributed by atoms with van der Waals surface area (Å²) in [7, 11) is 0. The van der Waals surface area contributed by atoms with Crippen LogP contribution in [0.25, 0.3) is 11.0 Å². The third kappa shape index (κ3) is 2.18. The summed E-state index contributed by atoms with van der Waals surface area (Å²) < 4.78 is 18.6. The van der Waals surface area contributed by atoms with E-state index in [4.69, 9.17) is 4.42 Å². The first-order valence-electron chi connectivity index (χ1n) is 5.55. The number of fused-ring (bicyclic) bond motifs is 1. The molecule has 0 amide bonds. The molecule has 1 aromatic heterocycles. The van der Waals surface area contributed by atoms with Crippen molar-refractivity contribution in [2.45, 2.75) is 26.1 Å². The Morgan fingerprint density at radius 1 is 1.24 bits per heavy atom. The van der Waals surface area contributed by atoms with Gasteiger partial charge in [-0.25, -0.2) is 4.39 Å². The molecule has 1 aromatic carbocycles. The summed E-state index contributed by atoms with van der Waals surface area (Å²) >= 11 is 0. The molecule has 2 unspecified atom stereocenters. The molecule has 2 rings (SSSR count). The molecule has 0 aliphatic rings. The van der Waals surface area contributed by atoms with E-state index in [0.29, 0.717) is 5.39 Å². The highest BCUT2D eigenvalue weighted by molar-refractivity contribution is 5.78. The minimum Gasteiger partial charge on any atom is -0.455 e. The lowest BCUT2D eigenvalue weighted by atomic mass is 10.0. The van der Waals surface area contributed by atoms with Gasteiger partial charge in [-0.3, -0.25) is 0 Å². The molecule has 0 radical (unpaired) electrons. The van der Waals surface area contributed by atoms with E-state index in [1.807, 2.05) is 0 Å². The standard InChI is InChI=1S/C13H15FO3/c1-7(2)11(15)12(16)10-6-8-4-3-5-9(14)13(8)17-10/h3-7,11-12,15-16H,1-2H3. The molecule has 2 atom stereocenters. The Bertz CT molecular complexity index is 518. The minimum absolute atomic E-state index is 0.108. The molecule has 3 nitrogen and oxygen atoms in total. The average molecular weight is 238 g/mol. The van der Waals surface area contributed by atoms with Crippen molar-refractivity contribution in [2.24, 2.45) is 5.92 Å². The molecular weight excluding hydrogens is 223 g/mol. The number of aliphatic hydroxyl groups excluding tert-OH is 2. The smallest absolute Gasteiger partial charge is 0.170 e. The first-order valence-corrected chi connectivity index (χ1v) is 5.55. The maximum atomic E-state index is 13.4. The van der Waals surface area contributed by atoms with Crippen LogP contribution in [0.1, 0.15) is 25.7 Å². The van der Waals surface area contributed by atoms with Crippen molar-refractivity contribution in [1.29, 1.82) is 0 Å². The second-order valence-corrected chi connectivity index (χ2v) is 4.49. The minimum atomic E-state index is -1.14. The van der Waals surface area contributed by atoms with Crippen LogP contribution in [0.4, 0.5) is 4.39 Å². The SMILES string of the molecule is CC(C)C(O)C(O)c1cc2cccc(F)c2o1. The molecule has 0 aliphatic heterocycles. The zero-order chi connectivity index (χ0) is 12.6. The van der Waals surface area contributed by atoms with E-state index in [2.05, 4.69) is 0 Å². The second-order valence-electron chi connectivity index (χ2n) is 4.49. The van der Waals surface area contributed by atoms with E-state index in [0.717, 1.165) is 0 Å². The third-order valence-corrected chi connectivity index (χ3v) is 2.81. The predicted molar refractivity (Wildman–Crippen MR) is 62.0 cm³/mol. The van der Waals surface area contributed by atoms with Crippen LogP contribution in [0.5, 0.6) is 0 Å². The largest absolute Gasteiger partial charge is 0.455 e. The molecule has 0 fully saturated rings. The Labute approximate surface area is 98.5 Å². The first kappa shape index (κ1) is 12.1. The summed E-state index contributed by atoms with van der Waals surface area (Å²) in [6, 6.07) is 6.11. The lowest BCUT2D eigenvalue weighted by Crippen LogP contribution is -2.23. The van der Waals surface area contributed by atoms with E-state index in [1.54, 1.807) is 32.0 Å². The normalized spacial score (nSPS) is 15.4. The Balaban J connectivity index is 2.40. The van der Waals surface area contributed by atoms with Crippen LogP contribution >= 0.6 is 0 Å². The summed E-state index contributed by atoms with van der Waals surface area (Å²) in [6.45, 7) is 3.58. The molecule has 2 aromatic rings. The van der Waals surface area contributed by atoms with Gasteiger partial charge in [-0.2, -0.15) is 0 Å². The number of hydrogen-bond donors (Lipinski definition) is 2. The van der Waals surface area contributed by atoms with Gasteiger partial charge in [0.1, 0.15) is 11.9 Å². The zero-order valence-corrected chi connectivity index (χ0v) is 9.72. The molecule has 1 heterocycles. The third-order valence-electron chi connectivity index (χ3n) is 2.81. The molecule has 0 saturated carbocycles. The Morgan fingerprint density at radius 2 is 1.94 bits per heavy atom. The van der Waals surface area contributed by atoms with Crippen LogP contribution in [0, 0.1) is 11.7 Å². The van der Waals surface area contributed by atoms with Gasteiger partial charge in [0.15, 0.2) is 11.4 Å². The molecule has 0 aliphatic carbocycles. The summed E-state index contributed by atoms with van der Waals surface area (Å²) in [5, 5.41) is 20.2. The molecule has 4 heteroatoms. The van der Waals surface area contributed by atoms with Gasteiger partial charge < -0.3 is 14.6 Å². The number of aliphatic hydroxyl groups is 2. The molecule has 17 heavy (non-hydrogen) atoms. The van der Waals surface area contributed by atoms with Gasteiger partial charge in [0.05, 0.1) is 6.10 Å². The Kier molecular flexibility index (Phi) is 3.17. The quantitative estimate of drug-likeness (QED) is 0.864. The van der Waals surface area contributed by atoms with E-state index in [-0.39, 0.29) is 17.3 Å². The highest BCUT2D eigenvalue weighted by Crippen LogP contribution is 2.29. The molecule has 2 N–H and O–H groups in total. The fraction of sp³-hybridized carbons (Fsp3) is 0.385. The van der Waals surface area contributed by atoms with Crippen LogP contribution in [-0.4, -0.2) is 16.3 Å². The zero-order valence-electron chi connectivity index (χ0n) is 9.72. The molecule has 0 bridgehead atoms. The van der Waals surface area contributed by atoms with Crippen molar-refractivity contribution in [1.82, 2.24) is 0 Å². The molecule has 0 spiro atoms. The number of para-hydroxylation sites is 1. The number of benzene rings is 1. The predicted octanol–water partition coefficient (Wildman–Crippen LogP) is 2.62. The van der Waals surface area contributed by atoms with Crippen molar-refractivity contribution in [3.05, 3.63) is 35.8 Å². The summed E-state index contributed by atoms with van der Waals surface area (Å²) in [5.74, 6) is -0.394. The van der Waals surface area contributed by atoms with Crippen LogP contribution in [0.3, 0.4) is 0 Å². The van der Waals surface area contributed by atoms with Crippen molar-refractivity contribution in [3.8, 4) is 0 Å². The van der Waals surface area contributed by atoms with Gasteiger partial charge in [-0.05, 0) is 18.1 Å². The molecular formula is C13H15FO3. The van der Waals surface area contributed by atoms with Gasteiger partial charge in [0.25, 0.3) is 0 Å². The molecule has 0 saturated heterocycles. The van der Waals surface area contributed by atoms with Gasteiger partial charge >= 0.3 is 0 Å². The average Bonchev–Trinajstić information content (AvgIpc) is 2.72. The van der Waals surface area contributed by atoms with E-state index < -0.39 is 18.0 Å². The Morgan fingerprint density at radius 3 is 2.53 bits per heavy atom. The van der Waals surface area contributed by atoms with Gasteiger partial charge in [0.2, 0.25) is 0 Å². The highest BCUT2D eigenvalue weighted by Gasteiger charge is 2.25. The van der Waals surface area contributed by atoms with Gasteiger partial charge in [-0.15, -0.1) is 0 Å². The maximum absolute atomic E-state index is 13.4. The topological polar surface area (TPSA) is 53.6 Å². The highest BCUT2D eigenvalue weighted by atomic mass is 19.1. The van der Waals surface area contributed by atoms with Crippen molar-refractivity contribution < 1.29 is 19.0 Å². The lowest BCUT2D eigenvalue weighted by molar-refractivity contribution is -0.0198. The number of hydrogen-bond acceptors (Lipinski definition) is 3. The fourth-order valence-corrected chi connectivity index (χ4v) is 1.73. The Hall–Kier alpha value is -1.39. The second kappa shape index (κ2) is 4.47. The van der Waals surface area contributed by atoms with Crippen LogP contribution in [0.15, 0.2) is 28.7 Å². The monoisotopic (exact) mass is 238 g/mol. The first-order chi connectivity index (χ1) is 8.00. The summed E-state index contributed by atoms with van der Waals surface area (Å²) in [5.41, 5.74) is 0.109. The summed E-state index contributed by atoms with van der Waals surface area (Å²) in [4.78, 5) is 0. The maximum Gasteiger partial charge on any atom is 0.170 e. The van der Waals surface area contributed by atoms with E-state index in [1.165, 1.54) is 6.07 Å². The van der Waals surface area contributed by atoms with Gasteiger partial charge in [-0.1, -0.05) is 26.0 Å². The van der Waals surface area contributed by atoms with Crippen molar-refractivity contribution in [2.75, 3.05) is 0 Å². The lowest BCUT2D eigenvalue weighted by Gasteiger charge is -2.18. The van der Waals surface area contributed by atoms with Gasteiger partial charge in [0, 0.05) is 5.39 Å². The van der Waals surface area contributed by atoms with Crippen LogP contribution < -0.4 is 0 Å². The van der Waals surface area contributed by atoms with E-state index >= 15 is 0 Å². The van der Waals surface area contributed by atoms with Crippen LogP contribution in [0.2, 0.25) is 0 Å². The summed E-state index contributed by atoms with van der Waals surface area (Å²) in [6.07, 6.45) is -2.07. The number of rotatable bonds is 3. The van der Waals surface area contributed by atoms with E-state index in [9.17, 15) is 14.6 Å². The van der Waals surface area contributed by atoms with Crippen molar-refractivity contribution >= 4 is 11.0 Å². The number of halogens is 1. The fourth-order valence-electron chi connectivity index (χ4n) is 1.73. The van der Waals surface area contributed by atoms with Crippen molar-refractivity contribution in [3.63, 3.8) is 0 Å². The number of furan rings is 1.